The topological polar surface area (TPSA) is 77.6 Å². The van der Waals surface area contributed by atoms with Gasteiger partial charge >= 0.3 is 0 Å². The molecule has 0 aliphatic carbocycles. The summed E-state index contributed by atoms with van der Waals surface area (Å²) in [6, 6.07) is 21.9. The second kappa shape index (κ2) is 10.2. The number of nitrogens with zero attached hydrogens (tertiary/aromatic N) is 1. The summed E-state index contributed by atoms with van der Waals surface area (Å²) < 4.78 is 12.7. The Bertz CT molecular complexity index is 864. The number of benzene rings is 2. The van der Waals surface area contributed by atoms with Crippen LogP contribution in [0.4, 0.5) is 0 Å². The fraction of sp³-hybridized carbons (Fsp3) is 0.292. The first kappa shape index (κ1) is 21.0. The average molecular weight is 423 g/mol. The third-order valence-corrected chi connectivity index (χ3v) is 6.23. The Morgan fingerprint density at radius 1 is 0.933 bits per heavy atom. The number of thioether (sulfide) groups is 1. The van der Waals surface area contributed by atoms with Crippen LogP contribution in [0.3, 0.4) is 0 Å². The molecule has 1 saturated heterocycles. The molecule has 1 aromatic heterocycles. The molecule has 2 aromatic carbocycles. The zero-order chi connectivity index (χ0) is 20.8. The lowest BCUT2D eigenvalue weighted by Gasteiger charge is -2.36. The molecule has 6 heteroatoms. The van der Waals surface area contributed by atoms with Gasteiger partial charge < -0.3 is 20.3 Å². The Labute approximate surface area is 181 Å². The van der Waals surface area contributed by atoms with Crippen LogP contribution in [-0.4, -0.2) is 21.9 Å². The molecule has 156 valence electrons. The number of rotatable bonds is 7. The van der Waals surface area contributed by atoms with Crippen molar-refractivity contribution >= 4 is 11.8 Å². The minimum atomic E-state index is -0.442. The number of aliphatic hydroxyl groups is 1. The number of aliphatic hydroxyl groups excluding tert-OH is 1. The first-order valence-corrected chi connectivity index (χ1v) is 11.1. The number of hydrogen-bond donors (Lipinski definition) is 2. The lowest BCUT2D eigenvalue weighted by molar-refractivity contribution is -0.245. The zero-order valence-corrected chi connectivity index (χ0v) is 17.5. The first-order chi connectivity index (χ1) is 14.7. The Morgan fingerprint density at radius 3 is 2.33 bits per heavy atom. The van der Waals surface area contributed by atoms with E-state index in [1.807, 2.05) is 66.7 Å². The van der Waals surface area contributed by atoms with E-state index in [2.05, 4.69) is 4.98 Å². The van der Waals surface area contributed by atoms with Crippen LogP contribution in [0.15, 0.2) is 78.0 Å². The van der Waals surface area contributed by atoms with Crippen molar-refractivity contribution < 1.29 is 14.6 Å². The van der Waals surface area contributed by atoms with E-state index in [4.69, 9.17) is 15.2 Å². The van der Waals surface area contributed by atoms with Gasteiger partial charge in [-0.05, 0) is 28.8 Å². The lowest BCUT2D eigenvalue weighted by Crippen LogP contribution is -2.31. The van der Waals surface area contributed by atoms with Crippen LogP contribution in [0.5, 0.6) is 0 Å². The second-order valence-corrected chi connectivity index (χ2v) is 8.32. The fourth-order valence-corrected chi connectivity index (χ4v) is 4.33. The summed E-state index contributed by atoms with van der Waals surface area (Å²) in [6.45, 7) is 0.546. The highest BCUT2D eigenvalue weighted by atomic mass is 32.2. The quantitative estimate of drug-likeness (QED) is 0.551. The molecule has 1 fully saturated rings. The molecule has 4 rings (SSSR count). The summed E-state index contributed by atoms with van der Waals surface area (Å²) in [5, 5.41) is 10.3. The fourth-order valence-electron chi connectivity index (χ4n) is 3.44. The maximum Gasteiger partial charge on any atom is 0.184 e. The third-order valence-electron chi connectivity index (χ3n) is 5.16. The molecule has 0 spiro atoms. The van der Waals surface area contributed by atoms with Crippen LogP contribution in [0.2, 0.25) is 0 Å². The van der Waals surface area contributed by atoms with Gasteiger partial charge in [-0.15, -0.1) is 11.8 Å². The van der Waals surface area contributed by atoms with Crippen LogP contribution in [0.25, 0.3) is 0 Å². The third kappa shape index (κ3) is 5.28. The summed E-state index contributed by atoms with van der Waals surface area (Å²) >= 11 is 1.69. The molecule has 30 heavy (non-hydrogen) atoms. The number of aromatic nitrogens is 1. The molecular formula is C24H26N2O3S. The smallest absolute Gasteiger partial charge is 0.184 e. The molecule has 0 saturated carbocycles. The summed E-state index contributed by atoms with van der Waals surface area (Å²) in [5.41, 5.74) is 9.77. The van der Waals surface area contributed by atoms with E-state index in [-0.39, 0.29) is 18.8 Å². The minimum Gasteiger partial charge on any atom is -0.392 e. The van der Waals surface area contributed by atoms with E-state index in [1.165, 1.54) is 0 Å². The molecule has 5 nitrogen and oxygen atoms in total. The van der Waals surface area contributed by atoms with Crippen molar-refractivity contribution in [3.05, 3.63) is 95.2 Å². The van der Waals surface area contributed by atoms with E-state index in [9.17, 15) is 5.11 Å². The summed E-state index contributed by atoms with van der Waals surface area (Å²) in [5.74, 6) is 0.795. The zero-order valence-electron chi connectivity index (χ0n) is 16.7. The molecule has 3 N–H and O–H groups in total. The highest BCUT2D eigenvalue weighted by molar-refractivity contribution is 7.99. The van der Waals surface area contributed by atoms with Crippen molar-refractivity contribution in [3.63, 3.8) is 0 Å². The van der Waals surface area contributed by atoms with Crippen LogP contribution in [-0.2, 0) is 22.6 Å². The van der Waals surface area contributed by atoms with E-state index in [0.717, 1.165) is 39.5 Å². The van der Waals surface area contributed by atoms with Crippen molar-refractivity contribution in [1.29, 1.82) is 0 Å². The summed E-state index contributed by atoms with van der Waals surface area (Å²) in [4.78, 5) is 4.40. The number of pyridine rings is 1. The molecular weight excluding hydrogens is 396 g/mol. The monoisotopic (exact) mass is 422 g/mol. The van der Waals surface area contributed by atoms with Crippen molar-refractivity contribution in [2.24, 2.45) is 5.73 Å². The van der Waals surface area contributed by atoms with Crippen LogP contribution in [0.1, 0.15) is 41.1 Å². The van der Waals surface area contributed by atoms with Gasteiger partial charge in [0.25, 0.3) is 0 Å². The summed E-state index contributed by atoms with van der Waals surface area (Å²) in [7, 11) is 0. The van der Waals surface area contributed by atoms with Gasteiger partial charge in [-0.3, -0.25) is 0 Å². The van der Waals surface area contributed by atoms with Gasteiger partial charge in [0.05, 0.1) is 23.8 Å². The molecule has 3 aromatic rings. The van der Waals surface area contributed by atoms with Gasteiger partial charge in [0.2, 0.25) is 0 Å². The molecule has 3 atom stereocenters. The van der Waals surface area contributed by atoms with Crippen molar-refractivity contribution in [1.82, 2.24) is 4.98 Å². The van der Waals surface area contributed by atoms with Crippen molar-refractivity contribution in [2.45, 2.75) is 43.1 Å². The molecule has 0 amide bonds. The molecule has 0 bridgehead atoms. The SMILES string of the molecule is NCc1ccc([C@@H]2O[C@H](CSc3ccccn3)C[C@H](c3ccc(CO)cc3)O2)cc1. The minimum absolute atomic E-state index is 0.0208. The standard InChI is InChI=1S/C24H26N2O3S/c25-14-17-4-10-20(11-5-17)24-28-21(16-30-23-3-1-2-12-26-23)13-22(29-24)19-8-6-18(15-27)7-9-19/h1-12,21-22,24,27H,13-16,25H2/t21-,22+,24+/m0/s1. The Morgan fingerprint density at radius 2 is 1.67 bits per heavy atom. The van der Waals surface area contributed by atoms with Gasteiger partial charge in [-0.1, -0.05) is 54.6 Å². The Hall–Kier alpha value is -2.22. The van der Waals surface area contributed by atoms with E-state index in [1.54, 1.807) is 18.0 Å². The number of ether oxygens (including phenoxy) is 2. The van der Waals surface area contributed by atoms with Gasteiger partial charge in [-0.2, -0.15) is 0 Å². The van der Waals surface area contributed by atoms with Crippen LogP contribution >= 0.6 is 11.8 Å². The lowest BCUT2D eigenvalue weighted by atomic mass is 10.0. The van der Waals surface area contributed by atoms with E-state index < -0.39 is 6.29 Å². The normalized spacial score (nSPS) is 21.5. The van der Waals surface area contributed by atoms with E-state index >= 15 is 0 Å². The number of nitrogens with two attached hydrogens (primary N) is 1. The molecule has 0 radical (unpaired) electrons. The van der Waals surface area contributed by atoms with Crippen LogP contribution < -0.4 is 5.73 Å². The number of hydrogen-bond acceptors (Lipinski definition) is 6. The van der Waals surface area contributed by atoms with Crippen molar-refractivity contribution in [2.75, 3.05) is 5.75 Å². The average Bonchev–Trinajstić information content (AvgIpc) is 2.83. The van der Waals surface area contributed by atoms with E-state index in [0.29, 0.717) is 6.54 Å². The molecule has 0 unspecified atom stereocenters. The predicted octanol–water partition coefficient (Wildman–Crippen LogP) is 4.37. The maximum atomic E-state index is 9.32. The highest BCUT2D eigenvalue weighted by Crippen LogP contribution is 2.39. The second-order valence-electron chi connectivity index (χ2n) is 7.27. The first-order valence-electron chi connectivity index (χ1n) is 10.1. The molecule has 1 aliphatic rings. The van der Waals surface area contributed by atoms with Crippen LogP contribution in [0, 0.1) is 0 Å². The summed E-state index contributed by atoms with van der Waals surface area (Å²) in [6.07, 6.45) is 2.06. The Balaban J connectivity index is 1.52. The van der Waals surface area contributed by atoms with Crippen molar-refractivity contribution in [3.8, 4) is 0 Å². The largest absolute Gasteiger partial charge is 0.392 e. The Kier molecular flexibility index (Phi) is 7.15. The van der Waals surface area contributed by atoms with Gasteiger partial charge in [0.15, 0.2) is 6.29 Å². The maximum absolute atomic E-state index is 9.32. The molecule has 2 heterocycles. The highest BCUT2D eigenvalue weighted by Gasteiger charge is 2.32. The van der Waals surface area contributed by atoms with Gasteiger partial charge in [0, 0.05) is 30.5 Å². The molecule has 1 aliphatic heterocycles. The van der Waals surface area contributed by atoms with Gasteiger partial charge in [-0.25, -0.2) is 4.98 Å². The van der Waals surface area contributed by atoms with Gasteiger partial charge in [0.1, 0.15) is 0 Å². The predicted molar refractivity (Wildman–Crippen MR) is 118 cm³/mol.